The fourth-order valence-corrected chi connectivity index (χ4v) is 3.53. The van der Waals surface area contributed by atoms with Crippen molar-refractivity contribution >= 4 is 22.5 Å². The summed E-state index contributed by atoms with van der Waals surface area (Å²) in [5, 5.41) is 13.2. The van der Waals surface area contributed by atoms with Crippen LogP contribution in [-0.2, 0) is 0 Å². The van der Waals surface area contributed by atoms with E-state index < -0.39 is 0 Å². The fraction of sp³-hybridized carbons (Fsp3) is 0.130. The van der Waals surface area contributed by atoms with Gasteiger partial charge in [0.2, 0.25) is 0 Å². The summed E-state index contributed by atoms with van der Waals surface area (Å²) >= 11 is 0. The molecule has 0 amide bonds. The van der Waals surface area contributed by atoms with Crippen molar-refractivity contribution in [1.82, 2.24) is 15.0 Å². The van der Waals surface area contributed by atoms with Crippen LogP contribution in [0.2, 0.25) is 0 Å². The molecule has 0 aliphatic heterocycles. The second-order valence-corrected chi connectivity index (χ2v) is 6.89. The number of hydrogen-bond donors (Lipinski definition) is 2. The van der Waals surface area contributed by atoms with Gasteiger partial charge in [0.15, 0.2) is 0 Å². The van der Waals surface area contributed by atoms with Crippen molar-refractivity contribution in [2.75, 3.05) is 18.2 Å². The van der Waals surface area contributed by atoms with Gasteiger partial charge in [-0.25, -0.2) is 19.3 Å². The fourth-order valence-electron chi connectivity index (χ4n) is 3.53. The van der Waals surface area contributed by atoms with E-state index in [1.165, 1.54) is 18.5 Å². The summed E-state index contributed by atoms with van der Waals surface area (Å²) in [6, 6.07) is 15.6. The van der Waals surface area contributed by atoms with Gasteiger partial charge in [0.1, 0.15) is 41.2 Å². The average molecular weight is 414 g/mol. The van der Waals surface area contributed by atoms with E-state index in [9.17, 15) is 9.65 Å². The highest BCUT2D eigenvalue weighted by atomic mass is 19.1. The standard InChI is InChI=1S/C23H19FN6O/c1-13(29-23-17(11-25)22(26)27-12-28-23)20-19(14-6-4-3-5-7-14)21(31-2)16-10-15(24)8-9-18(16)30-20/h3-10,12-13H,1-2H3,(H3,26,27,28,29). The summed E-state index contributed by atoms with van der Waals surface area (Å²) in [6.45, 7) is 1.89. The number of fused-ring (bicyclic) bond motifs is 1. The number of ether oxygens (including phenoxy) is 1. The third kappa shape index (κ3) is 3.69. The van der Waals surface area contributed by atoms with Gasteiger partial charge >= 0.3 is 0 Å². The molecule has 0 saturated heterocycles. The second kappa shape index (κ2) is 8.24. The minimum Gasteiger partial charge on any atom is -0.495 e. The summed E-state index contributed by atoms with van der Waals surface area (Å²) in [5.41, 5.74) is 8.81. The summed E-state index contributed by atoms with van der Waals surface area (Å²) in [4.78, 5) is 12.8. The van der Waals surface area contributed by atoms with E-state index in [0.717, 1.165) is 11.1 Å². The lowest BCUT2D eigenvalue weighted by atomic mass is 9.96. The Morgan fingerprint density at radius 3 is 2.65 bits per heavy atom. The van der Waals surface area contributed by atoms with Crippen molar-refractivity contribution in [3.8, 4) is 22.9 Å². The maximum absolute atomic E-state index is 14.0. The molecule has 2 aromatic carbocycles. The monoisotopic (exact) mass is 414 g/mol. The number of nitrogens with zero attached hydrogens (tertiary/aromatic N) is 4. The normalized spacial score (nSPS) is 11.7. The minimum absolute atomic E-state index is 0.0926. The van der Waals surface area contributed by atoms with Gasteiger partial charge in [0.25, 0.3) is 0 Å². The van der Waals surface area contributed by atoms with Crippen molar-refractivity contribution in [2.45, 2.75) is 13.0 Å². The van der Waals surface area contributed by atoms with Gasteiger partial charge in [-0.05, 0) is 30.7 Å². The highest BCUT2D eigenvalue weighted by Gasteiger charge is 2.23. The quantitative estimate of drug-likeness (QED) is 0.496. The molecule has 4 aromatic rings. The molecule has 31 heavy (non-hydrogen) atoms. The number of rotatable bonds is 5. The summed E-state index contributed by atoms with van der Waals surface area (Å²) in [5.74, 6) is 0.541. The van der Waals surface area contributed by atoms with Crippen molar-refractivity contribution in [1.29, 1.82) is 5.26 Å². The number of nitrogens with one attached hydrogen (secondary N) is 1. The molecule has 0 fully saturated rings. The number of nitriles is 1. The minimum atomic E-state index is -0.389. The number of methoxy groups -OCH3 is 1. The number of halogens is 1. The summed E-state index contributed by atoms with van der Waals surface area (Å²) < 4.78 is 19.7. The molecule has 8 heteroatoms. The first-order chi connectivity index (χ1) is 15.0. The number of anilines is 2. The maximum Gasteiger partial charge on any atom is 0.150 e. The molecule has 0 saturated carbocycles. The lowest BCUT2D eigenvalue weighted by molar-refractivity contribution is 0.420. The molecule has 1 atom stereocenters. The van der Waals surface area contributed by atoms with Crippen LogP contribution in [-0.4, -0.2) is 22.1 Å². The zero-order valence-electron chi connectivity index (χ0n) is 16.9. The van der Waals surface area contributed by atoms with Gasteiger partial charge in [-0.2, -0.15) is 5.26 Å². The first-order valence-corrected chi connectivity index (χ1v) is 9.53. The Morgan fingerprint density at radius 2 is 1.94 bits per heavy atom. The molecule has 2 aromatic heterocycles. The highest BCUT2D eigenvalue weighted by molar-refractivity contribution is 5.94. The summed E-state index contributed by atoms with van der Waals surface area (Å²) in [7, 11) is 1.55. The first-order valence-electron chi connectivity index (χ1n) is 9.53. The zero-order chi connectivity index (χ0) is 22.0. The average Bonchev–Trinajstić information content (AvgIpc) is 2.78. The lowest BCUT2D eigenvalue weighted by Crippen LogP contribution is -2.14. The Bertz CT molecular complexity index is 1300. The lowest BCUT2D eigenvalue weighted by Gasteiger charge is -2.22. The molecular formula is C23H19FN6O. The highest BCUT2D eigenvalue weighted by Crippen LogP contribution is 2.41. The van der Waals surface area contributed by atoms with Gasteiger partial charge < -0.3 is 15.8 Å². The second-order valence-electron chi connectivity index (χ2n) is 6.89. The molecule has 0 bridgehead atoms. The van der Waals surface area contributed by atoms with Crippen molar-refractivity contribution in [3.63, 3.8) is 0 Å². The van der Waals surface area contributed by atoms with Crippen LogP contribution < -0.4 is 15.8 Å². The Balaban J connectivity index is 1.94. The number of pyridine rings is 1. The van der Waals surface area contributed by atoms with E-state index in [4.69, 9.17) is 15.5 Å². The molecule has 7 nitrogen and oxygen atoms in total. The van der Waals surface area contributed by atoms with Gasteiger partial charge in [0.05, 0.1) is 24.4 Å². The van der Waals surface area contributed by atoms with E-state index >= 15 is 0 Å². The third-order valence-electron chi connectivity index (χ3n) is 4.95. The molecule has 0 aliphatic carbocycles. The van der Waals surface area contributed by atoms with E-state index in [1.54, 1.807) is 13.2 Å². The molecular weight excluding hydrogens is 395 g/mol. The Morgan fingerprint density at radius 1 is 1.16 bits per heavy atom. The molecule has 0 radical (unpaired) electrons. The van der Waals surface area contributed by atoms with E-state index in [2.05, 4.69) is 15.3 Å². The molecule has 2 heterocycles. The third-order valence-corrected chi connectivity index (χ3v) is 4.95. The van der Waals surface area contributed by atoms with Crippen molar-refractivity contribution in [2.24, 2.45) is 0 Å². The molecule has 0 spiro atoms. The van der Waals surface area contributed by atoms with E-state index in [1.807, 2.05) is 43.3 Å². The van der Waals surface area contributed by atoms with Gasteiger partial charge in [0, 0.05) is 10.9 Å². The Hall–Kier alpha value is -4.25. The smallest absolute Gasteiger partial charge is 0.150 e. The van der Waals surface area contributed by atoms with Crippen LogP contribution in [0.25, 0.3) is 22.0 Å². The van der Waals surface area contributed by atoms with E-state index in [-0.39, 0.29) is 23.2 Å². The molecule has 0 aliphatic rings. The molecule has 1 unspecified atom stereocenters. The Labute approximate surface area is 178 Å². The molecule has 154 valence electrons. The van der Waals surface area contributed by atoms with Gasteiger partial charge in [-0.15, -0.1) is 0 Å². The molecule has 3 N–H and O–H groups in total. The van der Waals surface area contributed by atoms with Crippen LogP contribution in [0.5, 0.6) is 5.75 Å². The topological polar surface area (TPSA) is 110 Å². The largest absolute Gasteiger partial charge is 0.495 e. The van der Waals surface area contributed by atoms with Crippen LogP contribution in [0.3, 0.4) is 0 Å². The maximum atomic E-state index is 14.0. The van der Waals surface area contributed by atoms with E-state index in [0.29, 0.717) is 28.2 Å². The number of benzene rings is 2. The number of hydrogen-bond acceptors (Lipinski definition) is 7. The van der Waals surface area contributed by atoms with Crippen LogP contribution in [0.15, 0.2) is 54.9 Å². The van der Waals surface area contributed by atoms with Crippen LogP contribution in [0.4, 0.5) is 16.0 Å². The zero-order valence-corrected chi connectivity index (χ0v) is 16.9. The van der Waals surface area contributed by atoms with Crippen LogP contribution in [0.1, 0.15) is 24.2 Å². The Kier molecular flexibility index (Phi) is 5.33. The van der Waals surface area contributed by atoms with Gasteiger partial charge in [-0.1, -0.05) is 30.3 Å². The summed E-state index contributed by atoms with van der Waals surface area (Å²) in [6.07, 6.45) is 1.29. The van der Waals surface area contributed by atoms with Gasteiger partial charge in [-0.3, -0.25) is 0 Å². The molecule has 4 rings (SSSR count). The van der Waals surface area contributed by atoms with Crippen LogP contribution in [0, 0.1) is 17.1 Å². The number of aromatic nitrogens is 3. The SMILES string of the molecule is COc1c(-c2ccccc2)c(C(C)Nc2ncnc(N)c2C#N)nc2ccc(F)cc12. The van der Waals surface area contributed by atoms with Crippen LogP contribution >= 0.6 is 0 Å². The first kappa shape index (κ1) is 20.0. The van der Waals surface area contributed by atoms with Crippen molar-refractivity contribution in [3.05, 3.63) is 71.9 Å². The number of nitrogen functional groups attached to an aromatic ring is 1. The predicted octanol–water partition coefficient (Wildman–Crippen LogP) is 4.47. The predicted molar refractivity (Wildman–Crippen MR) is 117 cm³/mol. The van der Waals surface area contributed by atoms with Crippen molar-refractivity contribution < 1.29 is 9.13 Å². The number of nitrogens with two attached hydrogens (primary N) is 1.